The molecule has 0 aliphatic heterocycles. The van der Waals surface area contributed by atoms with Crippen LogP contribution in [0.1, 0.15) is 41.6 Å². The number of aromatic carboxylic acids is 1. The minimum absolute atomic E-state index is 0.184. The van der Waals surface area contributed by atoms with Gasteiger partial charge < -0.3 is 14.6 Å². The van der Waals surface area contributed by atoms with Crippen LogP contribution in [0, 0.1) is 0 Å². The average molecular weight is 299 g/mol. The van der Waals surface area contributed by atoms with Crippen molar-refractivity contribution in [2.75, 3.05) is 7.11 Å². The molecule has 1 N–H and O–H groups in total. The molecule has 1 aromatic rings. The third-order valence-electron chi connectivity index (χ3n) is 3.69. The molecule has 0 bridgehead atoms. The van der Waals surface area contributed by atoms with E-state index in [0.717, 1.165) is 31.2 Å². The van der Waals surface area contributed by atoms with Crippen LogP contribution in [0.5, 0.6) is 0 Å². The summed E-state index contributed by atoms with van der Waals surface area (Å²) in [5.41, 5.74) is 1.01. The number of hydrogen-bond acceptors (Lipinski definition) is 3. The largest absolute Gasteiger partial charge is 0.478 e. The lowest BCUT2D eigenvalue weighted by Gasteiger charge is -2.28. The van der Waals surface area contributed by atoms with Gasteiger partial charge in [-0.2, -0.15) is 0 Å². The third kappa shape index (κ3) is 3.95. The van der Waals surface area contributed by atoms with Gasteiger partial charge in [-0.25, -0.2) is 4.79 Å². The summed E-state index contributed by atoms with van der Waals surface area (Å²) in [6.45, 7) is 0.403. The fourth-order valence-electron chi connectivity index (χ4n) is 2.47. The maximum Gasteiger partial charge on any atom is 0.335 e. The molecule has 0 saturated heterocycles. The normalized spacial score (nSPS) is 22.7. The summed E-state index contributed by atoms with van der Waals surface area (Å²) < 4.78 is 11.2. The first-order valence-corrected chi connectivity index (χ1v) is 7.14. The van der Waals surface area contributed by atoms with Gasteiger partial charge in [0.2, 0.25) is 0 Å². The molecule has 0 spiro atoms. The fourth-order valence-corrected chi connectivity index (χ4v) is 2.71. The molecule has 110 valence electrons. The van der Waals surface area contributed by atoms with Gasteiger partial charge in [-0.15, -0.1) is 0 Å². The molecule has 1 aliphatic rings. The van der Waals surface area contributed by atoms with Crippen molar-refractivity contribution in [1.82, 2.24) is 0 Å². The summed E-state index contributed by atoms with van der Waals surface area (Å²) in [5, 5.41) is 9.32. The summed E-state index contributed by atoms with van der Waals surface area (Å²) in [6, 6.07) is 4.72. The molecular formula is C15H19ClO4. The minimum atomic E-state index is -0.977. The Labute approximate surface area is 123 Å². The van der Waals surface area contributed by atoms with Crippen molar-refractivity contribution in [2.45, 2.75) is 44.5 Å². The number of carboxylic acid groups (broad SMARTS) is 1. The van der Waals surface area contributed by atoms with E-state index in [0.29, 0.717) is 11.6 Å². The number of hydrogen-bond donors (Lipinski definition) is 1. The average Bonchev–Trinajstić information content (AvgIpc) is 2.46. The second kappa shape index (κ2) is 7.07. The predicted molar refractivity (Wildman–Crippen MR) is 76.3 cm³/mol. The number of ether oxygens (including phenoxy) is 2. The van der Waals surface area contributed by atoms with Crippen LogP contribution in [0.25, 0.3) is 0 Å². The van der Waals surface area contributed by atoms with E-state index in [2.05, 4.69) is 0 Å². The Bertz CT molecular complexity index is 475. The fraction of sp³-hybridized carbons (Fsp3) is 0.533. The van der Waals surface area contributed by atoms with Gasteiger partial charge in [0, 0.05) is 12.1 Å². The highest BCUT2D eigenvalue weighted by molar-refractivity contribution is 6.31. The highest BCUT2D eigenvalue weighted by Crippen LogP contribution is 2.25. The molecule has 5 heteroatoms. The first-order chi connectivity index (χ1) is 9.60. The summed E-state index contributed by atoms with van der Waals surface area (Å²) in [4.78, 5) is 10.8. The SMILES string of the molecule is COC1CCCC(OCc2ccc(C(=O)O)cc2Cl)C1. The van der Waals surface area contributed by atoms with Crippen molar-refractivity contribution in [1.29, 1.82) is 0 Å². The van der Waals surface area contributed by atoms with E-state index in [1.54, 1.807) is 19.2 Å². The zero-order valence-corrected chi connectivity index (χ0v) is 12.2. The Kier molecular flexibility index (Phi) is 5.40. The number of carbonyl (C=O) groups is 1. The highest BCUT2D eigenvalue weighted by atomic mass is 35.5. The topological polar surface area (TPSA) is 55.8 Å². The lowest BCUT2D eigenvalue weighted by Crippen LogP contribution is -2.27. The van der Waals surface area contributed by atoms with E-state index in [-0.39, 0.29) is 17.8 Å². The van der Waals surface area contributed by atoms with Gasteiger partial charge in [0.25, 0.3) is 0 Å². The van der Waals surface area contributed by atoms with E-state index < -0.39 is 5.97 Å². The molecule has 2 rings (SSSR count). The molecule has 2 unspecified atom stereocenters. The standard InChI is InChI=1S/C15H19ClO4/c1-19-12-3-2-4-13(8-12)20-9-11-6-5-10(15(17)18)7-14(11)16/h5-7,12-13H,2-4,8-9H2,1H3,(H,17,18). The number of benzene rings is 1. The van der Waals surface area contributed by atoms with E-state index in [1.807, 2.05) is 0 Å². The van der Waals surface area contributed by atoms with Gasteiger partial charge in [0.05, 0.1) is 24.4 Å². The van der Waals surface area contributed by atoms with Crippen LogP contribution in [0.4, 0.5) is 0 Å². The molecule has 1 aliphatic carbocycles. The second-order valence-corrected chi connectivity index (χ2v) is 5.48. The maximum absolute atomic E-state index is 10.8. The summed E-state index contributed by atoms with van der Waals surface area (Å²) >= 11 is 6.08. The lowest BCUT2D eigenvalue weighted by molar-refractivity contribution is -0.0363. The van der Waals surface area contributed by atoms with Crippen LogP contribution >= 0.6 is 11.6 Å². The molecule has 0 heterocycles. The molecule has 20 heavy (non-hydrogen) atoms. The maximum atomic E-state index is 10.8. The number of halogens is 1. The Morgan fingerprint density at radius 1 is 1.40 bits per heavy atom. The van der Waals surface area contributed by atoms with Crippen LogP contribution in [-0.4, -0.2) is 30.4 Å². The van der Waals surface area contributed by atoms with Crippen molar-refractivity contribution in [2.24, 2.45) is 0 Å². The first-order valence-electron chi connectivity index (χ1n) is 6.76. The molecule has 0 aromatic heterocycles. The molecule has 1 aromatic carbocycles. The Hall–Kier alpha value is -1.10. The molecule has 4 nitrogen and oxygen atoms in total. The van der Waals surface area contributed by atoms with Gasteiger partial charge in [-0.1, -0.05) is 17.7 Å². The highest BCUT2D eigenvalue weighted by Gasteiger charge is 2.22. The van der Waals surface area contributed by atoms with Crippen molar-refractivity contribution >= 4 is 17.6 Å². The van der Waals surface area contributed by atoms with Gasteiger partial charge in [0.1, 0.15) is 0 Å². The molecule has 2 atom stereocenters. The zero-order chi connectivity index (χ0) is 14.5. The van der Waals surface area contributed by atoms with Gasteiger partial charge in [-0.05, 0) is 43.4 Å². The van der Waals surface area contributed by atoms with Crippen LogP contribution < -0.4 is 0 Å². The van der Waals surface area contributed by atoms with Gasteiger partial charge in [0.15, 0.2) is 0 Å². The Morgan fingerprint density at radius 2 is 2.15 bits per heavy atom. The molecule has 0 amide bonds. The monoisotopic (exact) mass is 298 g/mol. The van der Waals surface area contributed by atoms with Crippen molar-refractivity contribution in [3.8, 4) is 0 Å². The van der Waals surface area contributed by atoms with Crippen LogP contribution in [-0.2, 0) is 16.1 Å². The number of methoxy groups -OCH3 is 1. The quantitative estimate of drug-likeness (QED) is 0.904. The van der Waals surface area contributed by atoms with Crippen molar-refractivity contribution < 1.29 is 19.4 Å². The molecule has 1 fully saturated rings. The zero-order valence-electron chi connectivity index (χ0n) is 11.5. The number of carboxylic acids is 1. The summed E-state index contributed by atoms with van der Waals surface area (Å²) in [6.07, 6.45) is 4.59. The molecule has 0 radical (unpaired) electrons. The van der Waals surface area contributed by atoms with Gasteiger partial charge >= 0.3 is 5.97 Å². The van der Waals surface area contributed by atoms with Crippen molar-refractivity contribution in [3.63, 3.8) is 0 Å². The van der Waals surface area contributed by atoms with E-state index >= 15 is 0 Å². The van der Waals surface area contributed by atoms with Crippen LogP contribution in [0.2, 0.25) is 5.02 Å². The minimum Gasteiger partial charge on any atom is -0.478 e. The van der Waals surface area contributed by atoms with E-state index in [9.17, 15) is 4.79 Å². The molecule has 1 saturated carbocycles. The second-order valence-electron chi connectivity index (χ2n) is 5.07. The van der Waals surface area contributed by atoms with E-state index in [1.165, 1.54) is 6.07 Å². The first kappa shape index (κ1) is 15.3. The smallest absolute Gasteiger partial charge is 0.335 e. The summed E-state index contributed by atoms with van der Waals surface area (Å²) in [5.74, 6) is -0.977. The van der Waals surface area contributed by atoms with E-state index in [4.69, 9.17) is 26.2 Å². The van der Waals surface area contributed by atoms with Crippen molar-refractivity contribution in [3.05, 3.63) is 34.3 Å². The third-order valence-corrected chi connectivity index (χ3v) is 4.04. The van der Waals surface area contributed by atoms with Gasteiger partial charge in [-0.3, -0.25) is 0 Å². The van der Waals surface area contributed by atoms with Crippen LogP contribution in [0.3, 0.4) is 0 Å². The molecular weight excluding hydrogens is 280 g/mol. The van der Waals surface area contributed by atoms with Crippen LogP contribution in [0.15, 0.2) is 18.2 Å². The summed E-state index contributed by atoms with van der Waals surface area (Å²) in [7, 11) is 1.73. The Balaban J connectivity index is 1.92. The lowest BCUT2D eigenvalue weighted by atomic mass is 9.95. The Morgan fingerprint density at radius 3 is 2.80 bits per heavy atom. The number of rotatable bonds is 5. The predicted octanol–water partition coefficient (Wildman–Crippen LogP) is 3.51.